The van der Waals surface area contributed by atoms with Crippen molar-refractivity contribution < 1.29 is 0 Å². The van der Waals surface area contributed by atoms with Crippen molar-refractivity contribution in [2.75, 3.05) is 32.1 Å². The molecule has 0 bridgehead atoms. The molecule has 0 saturated heterocycles. The Balaban J connectivity index is 0.00000264. The van der Waals surface area contributed by atoms with Crippen LogP contribution in [0.15, 0.2) is 40.2 Å². The molecule has 0 atom stereocenters. The van der Waals surface area contributed by atoms with Crippen LogP contribution in [0.1, 0.15) is 25.7 Å². The first kappa shape index (κ1) is 21.0. The summed E-state index contributed by atoms with van der Waals surface area (Å²) in [6.07, 6.45) is 7.19. The van der Waals surface area contributed by atoms with Gasteiger partial charge >= 0.3 is 0 Å². The summed E-state index contributed by atoms with van der Waals surface area (Å²) in [5.74, 6) is 2.17. The Kier molecular flexibility index (Phi) is 10.5. The molecule has 1 aromatic carbocycles. The van der Waals surface area contributed by atoms with Crippen LogP contribution in [0.5, 0.6) is 0 Å². The van der Waals surface area contributed by atoms with Crippen LogP contribution in [0.25, 0.3) is 0 Å². The molecule has 3 nitrogen and oxygen atoms in total. The van der Waals surface area contributed by atoms with Crippen molar-refractivity contribution in [2.24, 2.45) is 4.99 Å². The zero-order chi connectivity index (χ0) is 15.7. The minimum atomic E-state index is 0. The quantitative estimate of drug-likeness (QED) is 0.248. The zero-order valence-corrected chi connectivity index (χ0v) is 18.0. The lowest BCUT2D eigenvalue weighted by Crippen LogP contribution is -2.41. The van der Waals surface area contributed by atoms with Gasteiger partial charge in [0.05, 0.1) is 0 Å². The third-order valence-corrected chi connectivity index (χ3v) is 5.94. The second-order valence-corrected chi connectivity index (χ2v) is 8.18. The third-order valence-electron chi connectivity index (χ3n) is 3.75. The highest BCUT2D eigenvalue weighted by molar-refractivity contribution is 14.0. The molecule has 0 aliphatic heterocycles. The van der Waals surface area contributed by atoms with E-state index in [1.54, 1.807) is 0 Å². The first-order valence-electron chi connectivity index (χ1n) is 7.95. The third kappa shape index (κ3) is 8.03. The highest BCUT2D eigenvalue weighted by Gasteiger charge is 2.43. The number of guanidine groups is 1. The fourth-order valence-electron chi connectivity index (χ4n) is 2.24. The van der Waals surface area contributed by atoms with Crippen LogP contribution in [0, 0.1) is 0 Å². The fourth-order valence-corrected chi connectivity index (χ4v) is 3.97. The van der Waals surface area contributed by atoms with E-state index in [1.807, 2.05) is 30.6 Å². The van der Waals surface area contributed by atoms with Crippen LogP contribution in [0.4, 0.5) is 0 Å². The van der Waals surface area contributed by atoms with Gasteiger partial charge < -0.3 is 10.6 Å². The molecule has 1 saturated carbocycles. The Bertz CT molecular complexity index is 464. The normalized spacial score (nSPS) is 15.7. The molecule has 0 heterocycles. The Labute approximate surface area is 166 Å². The van der Waals surface area contributed by atoms with Crippen LogP contribution in [-0.4, -0.2) is 42.9 Å². The van der Waals surface area contributed by atoms with E-state index in [1.165, 1.54) is 36.3 Å². The van der Waals surface area contributed by atoms with Crippen molar-refractivity contribution >= 4 is 53.5 Å². The summed E-state index contributed by atoms with van der Waals surface area (Å²) < 4.78 is 0.359. The van der Waals surface area contributed by atoms with Crippen molar-refractivity contribution in [3.8, 4) is 0 Å². The number of hydrogen-bond donors (Lipinski definition) is 2. The molecule has 1 aliphatic rings. The maximum absolute atomic E-state index is 4.32. The van der Waals surface area contributed by atoms with Gasteiger partial charge in [-0.15, -0.1) is 35.7 Å². The van der Waals surface area contributed by atoms with Crippen molar-refractivity contribution in [2.45, 2.75) is 35.3 Å². The van der Waals surface area contributed by atoms with E-state index in [-0.39, 0.29) is 24.0 Å². The average molecular weight is 465 g/mol. The molecular formula is C17H28IN3S2. The molecule has 0 radical (unpaired) electrons. The molecule has 1 fully saturated rings. The molecule has 0 amide bonds. The van der Waals surface area contributed by atoms with Crippen LogP contribution in [0.3, 0.4) is 0 Å². The molecule has 1 aromatic rings. The maximum atomic E-state index is 4.32. The van der Waals surface area contributed by atoms with Gasteiger partial charge in [0.2, 0.25) is 0 Å². The van der Waals surface area contributed by atoms with Crippen LogP contribution in [-0.2, 0) is 0 Å². The average Bonchev–Trinajstić information content (AvgIpc) is 3.31. The van der Waals surface area contributed by atoms with E-state index in [4.69, 9.17) is 0 Å². The lowest BCUT2D eigenvalue weighted by molar-refractivity contribution is 0.722. The second-order valence-electron chi connectivity index (χ2n) is 5.65. The smallest absolute Gasteiger partial charge is 0.191 e. The highest BCUT2D eigenvalue weighted by atomic mass is 127. The maximum Gasteiger partial charge on any atom is 0.191 e. The van der Waals surface area contributed by atoms with Gasteiger partial charge in [-0.1, -0.05) is 18.2 Å². The van der Waals surface area contributed by atoms with Gasteiger partial charge in [-0.2, -0.15) is 11.8 Å². The topological polar surface area (TPSA) is 36.4 Å². The Morgan fingerprint density at radius 3 is 2.52 bits per heavy atom. The standard InChI is InChI=1S/C17H27N3S2.HI/c1-18-16(19-12-6-7-13-21-2)20-14-17(10-11-17)22-15-8-4-3-5-9-15;/h3-5,8-9H,6-7,10-14H2,1-2H3,(H2,18,19,20);1H. The van der Waals surface area contributed by atoms with Gasteiger partial charge in [-0.25, -0.2) is 0 Å². The van der Waals surface area contributed by atoms with Gasteiger partial charge in [0.1, 0.15) is 0 Å². The fraction of sp³-hybridized carbons (Fsp3) is 0.588. The lowest BCUT2D eigenvalue weighted by atomic mass is 10.3. The van der Waals surface area contributed by atoms with Crippen LogP contribution < -0.4 is 10.6 Å². The number of nitrogens with zero attached hydrogens (tertiary/aromatic N) is 1. The van der Waals surface area contributed by atoms with E-state index in [0.29, 0.717) is 4.75 Å². The number of unbranched alkanes of at least 4 members (excludes halogenated alkanes) is 1. The monoisotopic (exact) mass is 465 g/mol. The molecule has 2 rings (SSSR count). The Morgan fingerprint density at radius 1 is 1.17 bits per heavy atom. The summed E-state index contributed by atoms with van der Waals surface area (Å²) in [6.45, 7) is 1.98. The number of nitrogens with one attached hydrogen (secondary N) is 2. The Hall–Kier alpha value is -0.0800. The zero-order valence-electron chi connectivity index (χ0n) is 14.0. The molecule has 0 unspecified atom stereocenters. The predicted molar refractivity (Wildman–Crippen MR) is 117 cm³/mol. The van der Waals surface area contributed by atoms with E-state index < -0.39 is 0 Å². The van der Waals surface area contributed by atoms with Crippen molar-refractivity contribution in [1.82, 2.24) is 10.6 Å². The minimum absolute atomic E-state index is 0. The molecule has 6 heteroatoms. The van der Waals surface area contributed by atoms with Gasteiger partial charge in [0, 0.05) is 29.8 Å². The summed E-state index contributed by atoms with van der Waals surface area (Å²) in [7, 11) is 1.85. The SMILES string of the molecule is CN=C(NCCCCSC)NCC1(Sc2ccccc2)CC1.I. The summed E-state index contributed by atoms with van der Waals surface area (Å²) in [5, 5.41) is 6.91. The summed E-state index contributed by atoms with van der Waals surface area (Å²) in [6, 6.07) is 10.7. The minimum Gasteiger partial charge on any atom is -0.356 e. The van der Waals surface area contributed by atoms with E-state index >= 15 is 0 Å². The number of benzene rings is 1. The molecule has 0 spiro atoms. The number of rotatable bonds is 9. The number of aliphatic imine (C=N–C) groups is 1. The van der Waals surface area contributed by atoms with Crippen molar-refractivity contribution in [3.05, 3.63) is 30.3 Å². The first-order valence-corrected chi connectivity index (χ1v) is 10.2. The van der Waals surface area contributed by atoms with Gasteiger partial charge in [0.25, 0.3) is 0 Å². The van der Waals surface area contributed by atoms with Crippen molar-refractivity contribution in [1.29, 1.82) is 0 Å². The van der Waals surface area contributed by atoms with Gasteiger partial charge in [-0.05, 0) is 49.8 Å². The first-order chi connectivity index (χ1) is 10.8. The molecule has 1 aliphatic carbocycles. The van der Waals surface area contributed by atoms with Gasteiger partial charge in [-0.3, -0.25) is 4.99 Å². The predicted octanol–water partition coefficient (Wildman–Crippen LogP) is 4.24. The van der Waals surface area contributed by atoms with E-state index in [0.717, 1.165) is 19.0 Å². The molecule has 130 valence electrons. The highest BCUT2D eigenvalue weighted by Crippen LogP contribution is 2.51. The number of hydrogen-bond acceptors (Lipinski definition) is 3. The van der Waals surface area contributed by atoms with E-state index in [2.05, 4.69) is 52.2 Å². The summed E-state index contributed by atoms with van der Waals surface area (Å²) in [4.78, 5) is 5.69. The molecule has 0 aromatic heterocycles. The van der Waals surface area contributed by atoms with Crippen LogP contribution in [0.2, 0.25) is 0 Å². The molecular weight excluding hydrogens is 437 g/mol. The number of halogens is 1. The summed E-state index contributed by atoms with van der Waals surface area (Å²) >= 11 is 3.91. The Morgan fingerprint density at radius 2 is 1.91 bits per heavy atom. The van der Waals surface area contributed by atoms with Crippen LogP contribution >= 0.6 is 47.5 Å². The van der Waals surface area contributed by atoms with E-state index in [9.17, 15) is 0 Å². The lowest BCUT2D eigenvalue weighted by Gasteiger charge is -2.18. The number of thioether (sulfide) groups is 2. The second kappa shape index (κ2) is 11.5. The summed E-state index contributed by atoms with van der Waals surface area (Å²) in [5.41, 5.74) is 0. The molecule has 2 N–H and O–H groups in total. The van der Waals surface area contributed by atoms with Crippen molar-refractivity contribution in [3.63, 3.8) is 0 Å². The molecule has 23 heavy (non-hydrogen) atoms. The van der Waals surface area contributed by atoms with Gasteiger partial charge in [0.15, 0.2) is 5.96 Å². The largest absolute Gasteiger partial charge is 0.356 e.